The first-order chi connectivity index (χ1) is 16.0. The third-order valence-corrected chi connectivity index (χ3v) is 5.59. The van der Waals surface area contributed by atoms with E-state index in [-0.39, 0.29) is 12.0 Å². The number of morpholine rings is 1. The van der Waals surface area contributed by atoms with E-state index in [1.165, 1.54) is 6.33 Å². The number of carbonyl (C=O) groups excluding carboxylic acids is 1. The minimum atomic E-state index is -0.361. The molecule has 1 atom stereocenters. The van der Waals surface area contributed by atoms with Gasteiger partial charge in [-0.2, -0.15) is 0 Å². The highest BCUT2D eigenvalue weighted by Crippen LogP contribution is 2.31. The van der Waals surface area contributed by atoms with Crippen molar-refractivity contribution in [3.63, 3.8) is 0 Å². The summed E-state index contributed by atoms with van der Waals surface area (Å²) in [6.07, 6.45) is 7.46. The molecule has 1 aliphatic rings. The van der Waals surface area contributed by atoms with Crippen LogP contribution in [0.1, 0.15) is 23.8 Å². The van der Waals surface area contributed by atoms with E-state index in [4.69, 9.17) is 14.5 Å². The summed E-state index contributed by atoms with van der Waals surface area (Å²) in [4.78, 5) is 34.1. The van der Waals surface area contributed by atoms with E-state index in [0.29, 0.717) is 38.5 Å². The first-order valence-electron chi connectivity index (χ1n) is 10.9. The van der Waals surface area contributed by atoms with Crippen molar-refractivity contribution in [2.45, 2.75) is 18.9 Å². The number of aryl methyl sites for hydroxylation is 1. The lowest BCUT2D eigenvalue weighted by Gasteiger charge is -2.33. The van der Waals surface area contributed by atoms with Crippen LogP contribution in [0.15, 0.2) is 49.2 Å². The molecule has 1 aromatic carbocycles. The van der Waals surface area contributed by atoms with Gasteiger partial charge in [-0.05, 0) is 24.1 Å². The Morgan fingerprint density at radius 2 is 1.94 bits per heavy atom. The third-order valence-electron chi connectivity index (χ3n) is 5.59. The Morgan fingerprint density at radius 3 is 2.64 bits per heavy atom. The van der Waals surface area contributed by atoms with E-state index in [0.717, 1.165) is 28.1 Å². The predicted octanol–water partition coefficient (Wildman–Crippen LogP) is 2.54. The highest BCUT2D eigenvalue weighted by Gasteiger charge is 2.29. The molecule has 9 nitrogen and oxygen atoms in total. The van der Waals surface area contributed by atoms with Crippen LogP contribution in [0.4, 0.5) is 5.95 Å². The van der Waals surface area contributed by atoms with Crippen molar-refractivity contribution in [3.05, 3.63) is 60.4 Å². The average molecular weight is 449 g/mol. The summed E-state index contributed by atoms with van der Waals surface area (Å²) in [6.45, 7) is 1.45. The monoisotopic (exact) mass is 448 g/mol. The topological polar surface area (TPSA) is 93.6 Å². The Kier molecular flexibility index (Phi) is 7.09. The van der Waals surface area contributed by atoms with Gasteiger partial charge in [0.2, 0.25) is 11.9 Å². The fraction of sp³-hybridized carbons (Fsp3) is 0.375. The molecular weight excluding hydrogens is 420 g/mol. The SMILES string of the molecule is COc1ccc(CCC(=O)N2CCOC(c3nc(N(C)C)ncc3-c3cncnc3)C2)cc1. The Hall–Kier alpha value is -3.59. The maximum absolute atomic E-state index is 13.0. The Labute approximate surface area is 193 Å². The quantitative estimate of drug-likeness (QED) is 0.544. The second kappa shape index (κ2) is 10.4. The number of hydrogen-bond donors (Lipinski definition) is 0. The molecule has 172 valence electrons. The van der Waals surface area contributed by atoms with Crippen LogP contribution in [-0.2, 0) is 16.0 Å². The Balaban J connectivity index is 1.50. The zero-order valence-electron chi connectivity index (χ0n) is 19.1. The van der Waals surface area contributed by atoms with Crippen LogP contribution in [-0.4, -0.2) is 71.6 Å². The van der Waals surface area contributed by atoms with Gasteiger partial charge in [-0.1, -0.05) is 12.1 Å². The first kappa shape index (κ1) is 22.6. The molecule has 1 saturated heterocycles. The zero-order chi connectivity index (χ0) is 23.2. The van der Waals surface area contributed by atoms with Gasteiger partial charge in [-0.3, -0.25) is 4.79 Å². The van der Waals surface area contributed by atoms with Crippen molar-refractivity contribution in [1.29, 1.82) is 0 Å². The number of aromatic nitrogens is 4. The normalized spacial score (nSPS) is 15.8. The zero-order valence-corrected chi connectivity index (χ0v) is 19.1. The second-order valence-corrected chi connectivity index (χ2v) is 8.04. The molecule has 0 bridgehead atoms. The number of anilines is 1. The molecular formula is C24H28N6O3. The largest absolute Gasteiger partial charge is 0.497 e. The molecule has 3 aromatic rings. The van der Waals surface area contributed by atoms with Gasteiger partial charge in [0.15, 0.2) is 0 Å². The summed E-state index contributed by atoms with van der Waals surface area (Å²) in [5.74, 6) is 1.49. The summed E-state index contributed by atoms with van der Waals surface area (Å²) < 4.78 is 11.3. The number of methoxy groups -OCH3 is 1. The molecule has 4 rings (SSSR count). The van der Waals surface area contributed by atoms with E-state index in [1.807, 2.05) is 48.2 Å². The van der Waals surface area contributed by atoms with Crippen molar-refractivity contribution < 1.29 is 14.3 Å². The molecule has 0 saturated carbocycles. The number of benzene rings is 1. The molecule has 3 heterocycles. The summed E-state index contributed by atoms with van der Waals surface area (Å²) in [5.41, 5.74) is 3.45. The maximum atomic E-state index is 13.0. The van der Waals surface area contributed by atoms with Crippen LogP contribution in [0.2, 0.25) is 0 Å². The first-order valence-corrected chi connectivity index (χ1v) is 10.9. The van der Waals surface area contributed by atoms with Crippen molar-refractivity contribution in [3.8, 4) is 16.9 Å². The Morgan fingerprint density at radius 1 is 1.18 bits per heavy atom. The molecule has 0 aliphatic carbocycles. The molecule has 0 spiro atoms. The van der Waals surface area contributed by atoms with Gasteiger partial charge < -0.3 is 19.3 Å². The minimum Gasteiger partial charge on any atom is -0.497 e. The smallest absolute Gasteiger partial charge is 0.225 e. The third kappa shape index (κ3) is 5.43. The molecule has 0 radical (unpaired) electrons. The lowest BCUT2D eigenvalue weighted by molar-refractivity contribution is -0.139. The van der Waals surface area contributed by atoms with Crippen LogP contribution in [0.5, 0.6) is 5.75 Å². The minimum absolute atomic E-state index is 0.102. The summed E-state index contributed by atoms with van der Waals surface area (Å²) in [7, 11) is 5.42. The highest BCUT2D eigenvalue weighted by molar-refractivity contribution is 5.76. The van der Waals surface area contributed by atoms with Crippen molar-refractivity contribution in [1.82, 2.24) is 24.8 Å². The highest BCUT2D eigenvalue weighted by atomic mass is 16.5. The van der Waals surface area contributed by atoms with Gasteiger partial charge in [0.25, 0.3) is 0 Å². The number of rotatable bonds is 7. The lowest BCUT2D eigenvalue weighted by Crippen LogP contribution is -2.42. The summed E-state index contributed by atoms with van der Waals surface area (Å²) in [5, 5.41) is 0. The number of nitrogens with zero attached hydrogens (tertiary/aromatic N) is 6. The Bertz CT molecular complexity index is 1080. The van der Waals surface area contributed by atoms with Crippen LogP contribution in [0, 0.1) is 0 Å². The van der Waals surface area contributed by atoms with Crippen LogP contribution in [0.3, 0.4) is 0 Å². The second-order valence-electron chi connectivity index (χ2n) is 8.04. The van der Waals surface area contributed by atoms with Crippen molar-refractivity contribution >= 4 is 11.9 Å². The maximum Gasteiger partial charge on any atom is 0.225 e. The summed E-state index contributed by atoms with van der Waals surface area (Å²) in [6, 6.07) is 7.81. The van der Waals surface area contributed by atoms with Gasteiger partial charge in [-0.25, -0.2) is 19.9 Å². The standard InChI is InChI=1S/C24H28N6O3/c1-29(2)24-27-14-20(18-12-25-16-26-13-18)23(28-24)21-15-30(10-11-33-21)22(31)9-6-17-4-7-19(32-3)8-5-17/h4-5,7-8,12-14,16,21H,6,9-11,15H2,1-3H3. The van der Waals surface area contributed by atoms with E-state index in [9.17, 15) is 4.79 Å². The van der Waals surface area contributed by atoms with E-state index < -0.39 is 0 Å². The lowest BCUT2D eigenvalue weighted by atomic mass is 10.0. The number of carbonyl (C=O) groups is 1. The molecule has 1 amide bonds. The molecule has 1 fully saturated rings. The number of hydrogen-bond acceptors (Lipinski definition) is 8. The molecule has 1 aliphatic heterocycles. The van der Waals surface area contributed by atoms with Gasteiger partial charge in [0.05, 0.1) is 26.0 Å². The van der Waals surface area contributed by atoms with Crippen LogP contribution in [0.25, 0.3) is 11.1 Å². The van der Waals surface area contributed by atoms with E-state index >= 15 is 0 Å². The van der Waals surface area contributed by atoms with Crippen LogP contribution < -0.4 is 9.64 Å². The van der Waals surface area contributed by atoms with Gasteiger partial charge in [-0.15, -0.1) is 0 Å². The molecule has 9 heteroatoms. The van der Waals surface area contributed by atoms with Gasteiger partial charge >= 0.3 is 0 Å². The molecule has 1 unspecified atom stereocenters. The molecule has 2 aromatic heterocycles. The van der Waals surface area contributed by atoms with Gasteiger partial charge in [0.1, 0.15) is 18.2 Å². The number of amides is 1. The van der Waals surface area contributed by atoms with E-state index in [2.05, 4.69) is 15.0 Å². The fourth-order valence-corrected chi connectivity index (χ4v) is 3.75. The van der Waals surface area contributed by atoms with Gasteiger partial charge in [0, 0.05) is 56.8 Å². The molecule has 0 N–H and O–H groups in total. The van der Waals surface area contributed by atoms with Crippen molar-refractivity contribution in [2.24, 2.45) is 0 Å². The van der Waals surface area contributed by atoms with E-state index in [1.54, 1.807) is 25.7 Å². The van der Waals surface area contributed by atoms with Crippen LogP contribution >= 0.6 is 0 Å². The fourth-order valence-electron chi connectivity index (χ4n) is 3.75. The summed E-state index contributed by atoms with van der Waals surface area (Å²) >= 11 is 0. The number of ether oxygens (including phenoxy) is 2. The molecule has 33 heavy (non-hydrogen) atoms. The van der Waals surface area contributed by atoms with Crippen molar-refractivity contribution in [2.75, 3.05) is 45.8 Å². The predicted molar refractivity (Wildman–Crippen MR) is 124 cm³/mol. The average Bonchev–Trinajstić information content (AvgIpc) is 2.87.